The lowest BCUT2D eigenvalue weighted by atomic mass is 10.2. The fourth-order valence-corrected chi connectivity index (χ4v) is 2.27. The van der Waals surface area contributed by atoms with Gasteiger partial charge in [-0.2, -0.15) is 0 Å². The molecule has 2 rings (SSSR count). The molecule has 0 saturated heterocycles. The van der Waals surface area contributed by atoms with Crippen molar-refractivity contribution in [1.82, 2.24) is 4.90 Å². The third kappa shape index (κ3) is 5.03. The molecule has 0 bridgehead atoms. The lowest BCUT2D eigenvalue weighted by Gasteiger charge is -2.16. The molecule has 0 aliphatic heterocycles. The number of carbonyl (C=O) groups is 1. The molecule has 23 heavy (non-hydrogen) atoms. The highest BCUT2D eigenvalue weighted by atomic mass is 35.5. The van der Waals surface area contributed by atoms with Gasteiger partial charge in [0.1, 0.15) is 11.5 Å². The van der Waals surface area contributed by atoms with Gasteiger partial charge < -0.3 is 14.1 Å². The minimum atomic E-state index is -0.162. The molecule has 0 atom stereocenters. The van der Waals surface area contributed by atoms with Crippen molar-refractivity contribution in [1.29, 1.82) is 0 Å². The Morgan fingerprint density at radius 1 is 1.22 bits per heavy atom. The Kier molecular flexibility index (Phi) is 6.53. The highest BCUT2D eigenvalue weighted by Crippen LogP contribution is 2.16. The molecule has 0 spiro atoms. The van der Waals surface area contributed by atoms with Crippen LogP contribution < -0.4 is 4.74 Å². The van der Waals surface area contributed by atoms with E-state index in [4.69, 9.17) is 20.8 Å². The Hall–Kier alpha value is -1.94. The molecule has 2 aromatic rings. The number of rotatable bonds is 8. The van der Waals surface area contributed by atoms with Crippen LogP contribution in [-0.4, -0.2) is 24.5 Å². The monoisotopic (exact) mass is 335 g/mol. The number of furan rings is 1. The molecule has 1 aromatic heterocycles. The third-order valence-electron chi connectivity index (χ3n) is 3.46. The minimum Gasteiger partial charge on any atom is -0.494 e. The topological polar surface area (TPSA) is 42.7 Å². The van der Waals surface area contributed by atoms with Crippen LogP contribution in [0.3, 0.4) is 0 Å². The van der Waals surface area contributed by atoms with E-state index >= 15 is 0 Å². The first-order chi connectivity index (χ1) is 11.1. The number of carbonyl (C=O) groups excluding carboxylic acids is 1. The number of benzene rings is 1. The summed E-state index contributed by atoms with van der Waals surface area (Å²) in [5.41, 5.74) is 1.04. The third-order valence-corrected chi connectivity index (χ3v) is 3.72. The maximum absolute atomic E-state index is 12.3. The van der Waals surface area contributed by atoms with E-state index in [2.05, 4.69) is 6.92 Å². The van der Waals surface area contributed by atoms with E-state index in [0.29, 0.717) is 18.1 Å². The quantitative estimate of drug-likeness (QED) is 0.528. The minimum absolute atomic E-state index is 0.162. The van der Waals surface area contributed by atoms with Crippen molar-refractivity contribution in [2.24, 2.45) is 0 Å². The van der Waals surface area contributed by atoms with E-state index in [0.717, 1.165) is 30.8 Å². The second-order valence-electron chi connectivity index (χ2n) is 5.41. The van der Waals surface area contributed by atoms with E-state index in [9.17, 15) is 4.79 Å². The van der Waals surface area contributed by atoms with Crippen LogP contribution in [0.15, 0.2) is 40.8 Å². The van der Waals surface area contributed by atoms with Gasteiger partial charge in [0.05, 0.1) is 12.5 Å². The van der Waals surface area contributed by atoms with Crippen LogP contribution in [0.2, 0.25) is 0 Å². The zero-order valence-electron chi connectivity index (χ0n) is 13.5. The van der Waals surface area contributed by atoms with Crippen molar-refractivity contribution < 1.29 is 13.9 Å². The van der Waals surface area contributed by atoms with E-state index in [1.807, 2.05) is 24.3 Å². The molecule has 0 radical (unpaired) electrons. The van der Waals surface area contributed by atoms with Crippen molar-refractivity contribution in [2.45, 2.75) is 32.2 Å². The van der Waals surface area contributed by atoms with Gasteiger partial charge in [-0.05, 0) is 36.2 Å². The first kappa shape index (κ1) is 17.4. The van der Waals surface area contributed by atoms with E-state index in [-0.39, 0.29) is 11.8 Å². The van der Waals surface area contributed by atoms with Crippen LogP contribution >= 0.6 is 11.6 Å². The van der Waals surface area contributed by atoms with Gasteiger partial charge in [0.15, 0.2) is 5.76 Å². The molecule has 5 heteroatoms. The summed E-state index contributed by atoms with van der Waals surface area (Å²) in [6.45, 7) is 3.37. The number of hydrogen-bond donors (Lipinski definition) is 0. The summed E-state index contributed by atoms with van der Waals surface area (Å²) in [7, 11) is 1.75. The Bertz CT molecular complexity index is 621. The SMILES string of the molecule is CCCCOc1ccc(CN(C)C(=O)c2ccc(CCl)o2)cc1. The molecule has 1 heterocycles. The fourth-order valence-electron chi connectivity index (χ4n) is 2.12. The molecule has 0 saturated carbocycles. The Morgan fingerprint density at radius 2 is 1.96 bits per heavy atom. The molecule has 0 aliphatic carbocycles. The maximum atomic E-state index is 12.3. The summed E-state index contributed by atoms with van der Waals surface area (Å²) in [6.07, 6.45) is 2.16. The normalized spacial score (nSPS) is 10.6. The Morgan fingerprint density at radius 3 is 2.57 bits per heavy atom. The Labute approximate surface area is 142 Å². The summed E-state index contributed by atoms with van der Waals surface area (Å²) in [5.74, 6) is 1.86. The highest BCUT2D eigenvalue weighted by Gasteiger charge is 2.16. The smallest absolute Gasteiger partial charge is 0.289 e. The number of hydrogen-bond acceptors (Lipinski definition) is 3. The van der Waals surface area contributed by atoms with Crippen molar-refractivity contribution in [3.63, 3.8) is 0 Å². The summed E-state index contributed by atoms with van der Waals surface area (Å²) >= 11 is 5.68. The fraction of sp³-hybridized carbons (Fsp3) is 0.389. The first-order valence-corrected chi connectivity index (χ1v) is 8.29. The zero-order chi connectivity index (χ0) is 16.7. The van der Waals surface area contributed by atoms with Gasteiger partial charge in [-0.15, -0.1) is 11.6 Å². The van der Waals surface area contributed by atoms with Crippen LogP contribution in [0.1, 0.15) is 41.6 Å². The number of nitrogens with zero attached hydrogens (tertiary/aromatic N) is 1. The van der Waals surface area contributed by atoms with Crippen molar-refractivity contribution in [3.05, 3.63) is 53.5 Å². The summed E-state index contributed by atoms with van der Waals surface area (Å²) in [5, 5.41) is 0. The van der Waals surface area contributed by atoms with Gasteiger partial charge in [0.25, 0.3) is 5.91 Å². The molecule has 0 N–H and O–H groups in total. The zero-order valence-corrected chi connectivity index (χ0v) is 14.3. The molecule has 0 fully saturated rings. The van der Waals surface area contributed by atoms with Crippen LogP contribution in [-0.2, 0) is 12.4 Å². The molecular formula is C18H22ClNO3. The summed E-state index contributed by atoms with van der Waals surface area (Å²) in [6, 6.07) is 11.2. The largest absolute Gasteiger partial charge is 0.494 e. The first-order valence-electron chi connectivity index (χ1n) is 7.76. The van der Waals surface area contributed by atoms with Crippen LogP contribution in [0.25, 0.3) is 0 Å². The molecule has 0 aliphatic rings. The van der Waals surface area contributed by atoms with Gasteiger partial charge in [0, 0.05) is 13.6 Å². The summed E-state index contributed by atoms with van der Waals surface area (Å²) in [4.78, 5) is 13.9. The number of unbranched alkanes of at least 4 members (excludes halogenated alkanes) is 1. The van der Waals surface area contributed by atoms with Gasteiger partial charge in [0.2, 0.25) is 0 Å². The van der Waals surface area contributed by atoms with E-state index in [1.165, 1.54) is 0 Å². The van der Waals surface area contributed by atoms with Crippen molar-refractivity contribution in [2.75, 3.05) is 13.7 Å². The lowest BCUT2D eigenvalue weighted by Crippen LogP contribution is -2.25. The van der Waals surface area contributed by atoms with Crippen molar-refractivity contribution >= 4 is 17.5 Å². The second-order valence-corrected chi connectivity index (χ2v) is 5.67. The molecule has 1 amide bonds. The number of halogens is 1. The van der Waals surface area contributed by atoms with Gasteiger partial charge in [-0.25, -0.2) is 0 Å². The van der Waals surface area contributed by atoms with Crippen molar-refractivity contribution in [3.8, 4) is 5.75 Å². The summed E-state index contributed by atoms with van der Waals surface area (Å²) < 4.78 is 11.0. The second kappa shape index (κ2) is 8.63. The molecule has 4 nitrogen and oxygen atoms in total. The van der Waals surface area contributed by atoms with Gasteiger partial charge in [-0.1, -0.05) is 25.5 Å². The number of amides is 1. The van der Waals surface area contributed by atoms with Gasteiger partial charge >= 0.3 is 0 Å². The predicted octanol–water partition coefficient (Wildman–Crippen LogP) is 4.47. The maximum Gasteiger partial charge on any atom is 0.289 e. The van der Waals surface area contributed by atoms with E-state index in [1.54, 1.807) is 24.1 Å². The standard InChI is InChI=1S/C18H22ClNO3/c1-3-4-11-22-15-7-5-14(6-8-15)13-20(2)18(21)17-10-9-16(12-19)23-17/h5-10H,3-4,11-13H2,1-2H3. The number of ether oxygens (including phenoxy) is 1. The highest BCUT2D eigenvalue weighted by molar-refractivity contribution is 6.16. The molecule has 1 aromatic carbocycles. The lowest BCUT2D eigenvalue weighted by molar-refractivity contribution is 0.0752. The van der Waals surface area contributed by atoms with Crippen LogP contribution in [0.4, 0.5) is 0 Å². The molecule has 124 valence electrons. The van der Waals surface area contributed by atoms with E-state index < -0.39 is 0 Å². The number of alkyl halides is 1. The van der Waals surface area contributed by atoms with Crippen LogP contribution in [0.5, 0.6) is 5.75 Å². The van der Waals surface area contributed by atoms with Gasteiger partial charge in [-0.3, -0.25) is 4.79 Å². The Balaban J connectivity index is 1.91. The average Bonchev–Trinajstić information content (AvgIpc) is 3.05. The molecular weight excluding hydrogens is 314 g/mol. The molecule has 0 unspecified atom stereocenters. The predicted molar refractivity (Wildman–Crippen MR) is 90.9 cm³/mol. The average molecular weight is 336 g/mol. The van der Waals surface area contributed by atoms with Crippen LogP contribution in [0, 0.1) is 0 Å².